The summed E-state index contributed by atoms with van der Waals surface area (Å²) in [7, 11) is 0. The van der Waals surface area contributed by atoms with Crippen LogP contribution in [-0.4, -0.2) is 34.3 Å². The van der Waals surface area contributed by atoms with Gasteiger partial charge in [-0.3, -0.25) is 0 Å². The molecule has 88 valence electrons. The average Bonchev–Trinajstić information content (AvgIpc) is 2.21. The van der Waals surface area contributed by atoms with E-state index in [0.717, 1.165) is 18.8 Å². The number of nitrogens with zero attached hydrogens (tertiary/aromatic N) is 3. The molecule has 4 nitrogen and oxygen atoms in total. The van der Waals surface area contributed by atoms with Crippen LogP contribution in [0.1, 0.15) is 25.7 Å². The van der Waals surface area contributed by atoms with Gasteiger partial charge in [-0.15, -0.1) is 0 Å². The molecule has 0 atom stereocenters. The van der Waals surface area contributed by atoms with E-state index in [1.54, 1.807) is 6.20 Å². The van der Waals surface area contributed by atoms with Gasteiger partial charge in [-0.2, -0.15) is 0 Å². The molecule has 0 bridgehead atoms. The summed E-state index contributed by atoms with van der Waals surface area (Å²) in [5.41, 5.74) is 0. The Morgan fingerprint density at radius 1 is 1.50 bits per heavy atom. The van der Waals surface area contributed by atoms with E-state index in [0.29, 0.717) is 6.04 Å². The first-order valence-corrected chi connectivity index (χ1v) is 6.05. The number of aliphatic hydroxyl groups excluding tert-OH is 1. The molecule has 1 N–H and O–H groups in total. The summed E-state index contributed by atoms with van der Waals surface area (Å²) >= 11 is 5.79. The van der Waals surface area contributed by atoms with Gasteiger partial charge in [-0.1, -0.05) is 0 Å². The standard InChI is InChI=1S/C11H16ClN3O/c12-11-13-6-5-10(14-11)15(7-2-8-16)9-3-1-4-9/h5-6,9,16H,1-4,7-8H2. The molecular weight excluding hydrogens is 226 g/mol. The number of aromatic nitrogens is 2. The second-order valence-corrected chi connectivity index (χ2v) is 4.38. The van der Waals surface area contributed by atoms with Crippen LogP contribution in [0.2, 0.25) is 5.28 Å². The zero-order valence-electron chi connectivity index (χ0n) is 9.14. The molecule has 0 amide bonds. The lowest BCUT2D eigenvalue weighted by atomic mass is 9.91. The molecule has 0 saturated heterocycles. The van der Waals surface area contributed by atoms with Gasteiger partial charge in [0.2, 0.25) is 5.28 Å². The number of hydrogen-bond donors (Lipinski definition) is 1. The second-order valence-electron chi connectivity index (χ2n) is 4.04. The minimum atomic E-state index is 0.210. The van der Waals surface area contributed by atoms with Gasteiger partial charge in [-0.25, -0.2) is 9.97 Å². The Morgan fingerprint density at radius 2 is 2.31 bits per heavy atom. The number of halogens is 1. The Balaban J connectivity index is 2.10. The molecule has 1 fully saturated rings. The van der Waals surface area contributed by atoms with Gasteiger partial charge >= 0.3 is 0 Å². The van der Waals surface area contributed by atoms with Crippen LogP contribution in [0.25, 0.3) is 0 Å². The first kappa shape index (κ1) is 11.6. The van der Waals surface area contributed by atoms with Crippen LogP contribution in [0.5, 0.6) is 0 Å². The quantitative estimate of drug-likeness (QED) is 0.800. The lowest BCUT2D eigenvalue weighted by Crippen LogP contribution is -2.41. The summed E-state index contributed by atoms with van der Waals surface area (Å²) in [6.45, 7) is 1.04. The van der Waals surface area contributed by atoms with E-state index in [1.807, 2.05) is 6.07 Å². The van der Waals surface area contributed by atoms with Crippen LogP contribution < -0.4 is 4.90 Å². The SMILES string of the molecule is OCCCN(c1ccnc(Cl)n1)C1CCC1. The van der Waals surface area contributed by atoms with Crippen molar-refractivity contribution in [3.05, 3.63) is 17.5 Å². The fourth-order valence-corrected chi connectivity index (χ4v) is 2.05. The van der Waals surface area contributed by atoms with E-state index in [1.165, 1.54) is 19.3 Å². The minimum Gasteiger partial charge on any atom is -0.396 e. The van der Waals surface area contributed by atoms with Gasteiger partial charge < -0.3 is 10.0 Å². The topological polar surface area (TPSA) is 49.2 Å². The van der Waals surface area contributed by atoms with Gasteiger partial charge in [0.1, 0.15) is 5.82 Å². The molecule has 0 radical (unpaired) electrons. The van der Waals surface area contributed by atoms with E-state index in [2.05, 4.69) is 14.9 Å². The van der Waals surface area contributed by atoms with E-state index >= 15 is 0 Å². The van der Waals surface area contributed by atoms with Crippen LogP contribution in [-0.2, 0) is 0 Å². The molecule has 1 aliphatic carbocycles. The van der Waals surface area contributed by atoms with Crippen molar-refractivity contribution in [1.29, 1.82) is 0 Å². The molecule has 1 saturated carbocycles. The number of aliphatic hydroxyl groups is 1. The highest BCUT2D eigenvalue weighted by atomic mass is 35.5. The van der Waals surface area contributed by atoms with E-state index in [-0.39, 0.29) is 11.9 Å². The smallest absolute Gasteiger partial charge is 0.224 e. The Morgan fingerprint density at radius 3 is 2.88 bits per heavy atom. The molecule has 2 rings (SSSR count). The van der Waals surface area contributed by atoms with Gasteiger partial charge in [-0.05, 0) is 43.4 Å². The maximum atomic E-state index is 8.90. The van der Waals surface area contributed by atoms with Gasteiger partial charge in [0.15, 0.2) is 0 Å². The summed E-state index contributed by atoms with van der Waals surface area (Å²) in [6, 6.07) is 2.43. The molecule has 0 aromatic carbocycles. The van der Waals surface area contributed by atoms with Crippen LogP contribution in [0.3, 0.4) is 0 Å². The molecule has 5 heteroatoms. The van der Waals surface area contributed by atoms with Crippen molar-refractivity contribution < 1.29 is 5.11 Å². The first-order valence-electron chi connectivity index (χ1n) is 5.67. The molecule has 0 unspecified atom stereocenters. The fraction of sp³-hybridized carbons (Fsp3) is 0.636. The fourth-order valence-electron chi connectivity index (χ4n) is 1.91. The summed E-state index contributed by atoms with van der Waals surface area (Å²) in [5.74, 6) is 0.873. The largest absolute Gasteiger partial charge is 0.396 e. The second kappa shape index (κ2) is 5.46. The molecule has 1 aliphatic rings. The predicted molar refractivity (Wildman–Crippen MR) is 63.7 cm³/mol. The maximum absolute atomic E-state index is 8.90. The summed E-state index contributed by atoms with van der Waals surface area (Å²) in [6.07, 6.45) is 6.12. The van der Waals surface area contributed by atoms with Crippen molar-refractivity contribution >= 4 is 17.4 Å². The Bertz CT molecular complexity index is 344. The van der Waals surface area contributed by atoms with Crippen molar-refractivity contribution in [3.8, 4) is 0 Å². The highest BCUT2D eigenvalue weighted by Gasteiger charge is 2.25. The van der Waals surface area contributed by atoms with E-state index in [9.17, 15) is 0 Å². The zero-order valence-corrected chi connectivity index (χ0v) is 9.90. The molecule has 16 heavy (non-hydrogen) atoms. The lowest BCUT2D eigenvalue weighted by molar-refractivity contribution is 0.282. The van der Waals surface area contributed by atoms with Crippen LogP contribution in [0.4, 0.5) is 5.82 Å². The third kappa shape index (κ3) is 2.62. The predicted octanol–water partition coefficient (Wildman–Crippen LogP) is 1.87. The van der Waals surface area contributed by atoms with Crippen molar-refractivity contribution in [2.24, 2.45) is 0 Å². The molecule has 0 spiro atoms. The Labute approximate surface area is 100 Å². The summed E-state index contributed by atoms with van der Waals surface area (Å²) in [4.78, 5) is 10.3. The number of rotatable bonds is 5. The van der Waals surface area contributed by atoms with Crippen LogP contribution in [0.15, 0.2) is 12.3 Å². The highest BCUT2D eigenvalue weighted by molar-refractivity contribution is 6.28. The zero-order chi connectivity index (χ0) is 11.4. The lowest BCUT2D eigenvalue weighted by Gasteiger charge is -2.38. The van der Waals surface area contributed by atoms with E-state index < -0.39 is 0 Å². The van der Waals surface area contributed by atoms with Crippen LogP contribution >= 0.6 is 11.6 Å². The number of hydrogen-bond acceptors (Lipinski definition) is 4. The van der Waals surface area contributed by atoms with Crippen molar-refractivity contribution in [2.75, 3.05) is 18.1 Å². The summed E-state index contributed by atoms with van der Waals surface area (Å²) in [5, 5.41) is 9.19. The van der Waals surface area contributed by atoms with Gasteiger partial charge in [0.05, 0.1) is 0 Å². The molecule has 1 aromatic rings. The van der Waals surface area contributed by atoms with Gasteiger partial charge in [0, 0.05) is 25.4 Å². The minimum absolute atomic E-state index is 0.210. The van der Waals surface area contributed by atoms with Crippen molar-refractivity contribution in [3.63, 3.8) is 0 Å². The third-order valence-corrected chi connectivity index (χ3v) is 3.16. The van der Waals surface area contributed by atoms with E-state index in [4.69, 9.17) is 16.7 Å². The normalized spacial score (nSPS) is 15.9. The van der Waals surface area contributed by atoms with Crippen LogP contribution in [0, 0.1) is 0 Å². The monoisotopic (exact) mass is 241 g/mol. The first-order chi connectivity index (χ1) is 7.81. The molecule has 1 heterocycles. The van der Waals surface area contributed by atoms with Crippen molar-refractivity contribution in [1.82, 2.24) is 9.97 Å². The number of anilines is 1. The highest BCUT2D eigenvalue weighted by Crippen LogP contribution is 2.28. The average molecular weight is 242 g/mol. The Kier molecular flexibility index (Phi) is 3.96. The third-order valence-electron chi connectivity index (χ3n) is 2.98. The molecule has 1 aromatic heterocycles. The van der Waals surface area contributed by atoms with Gasteiger partial charge in [0.25, 0.3) is 0 Å². The molecular formula is C11H16ClN3O. The Hall–Kier alpha value is -0.870. The summed E-state index contributed by atoms with van der Waals surface area (Å²) < 4.78 is 0. The molecule has 0 aliphatic heterocycles. The maximum Gasteiger partial charge on any atom is 0.224 e. The van der Waals surface area contributed by atoms with Crippen molar-refractivity contribution in [2.45, 2.75) is 31.7 Å².